The van der Waals surface area contributed by atoms with Gasteiger partial charge < -0.3 is 10.0 Å². The average molecular weight is 417 g/mol. The van der Waals surface area contributed by atoms with E-state index in [9.17, 15) is 31.9 Å². The maximum atomic E-state index is 14.2. The molecule has 1 saturated heterocycles. The zero-order chi connectivity index (χ0) is 21.6. The van der Waals surface area contributed by atoms with Gasteiger partial charge in [-0.3, -0.25) is 4.79 Å². The molecule has 1 aromatic carbocycles. The molecule has 1 aliphatic rings. The minimum Gasteiger partial charge on any atom is -0.373 e. The van der Waals surface area contributed by atoms with Crippen molar-refractivity contribution >= 4 is 5.91 Å². The summed E-state index contributed by atoms with van der Waals surface area (Å²) in [5.41, 5.74) is -2.80. The molecule has 1 amide bonds. The molecule has 3 unspecified atom stereocenters. The van der Waals surface area contributed by atoms with E-state index >= 15 is 0 Å². The van der Waals surface area contributed by atoms with E-state index in [0.717, 1.165) is 17.0 Å². The highest BCUT2D eigenvalue weighted by atomic mass is 19.4. The number of benzene rings is 1. The SMILES string of the molecule is CC1CN(C(=O)C(C)(O)C(F)(F)F)CCC1c1ccnn1-c1ccc(F)cc1F. The molecule has 0 saturated carbocycles. The summed E-state index contributed by atoms with van der Waals surface area (Å²) in [6.07, 6.45) is -3.32. The predicted octanol–water partition coefficient (Wildman–Crippen LogP) is 3.42. The summed E-state index contributed by atoms with van der Waals surface area (Å²) in [6, 6.07) is 4.76. The summed E-state index contributed by atoms with van der Waals surface area (Å²) in [6.45, 7) is 2.19. The van der Waals surface area contributed by atoms with Crippen molar-refractivity contribution in [1.29, 1.82) is 0 Å². The standard InChI is InChI=1S/C19H20F5N3O2/c1-11-10-26(17(28)18(2,29)19(22,23)24)8-6-13(11)15-5-7-25-27(15)16-4-3-12(20)9-14(16)21/h3-5,7,9,11,13,29H,6,8,10H2,1-2H3. The van der Waals surface area contributed by atoms with Crippen LogP contribution in [-0.4, -0.2) is 50.6 Å². The largest absolute Gasteiger partial charge is 0.426 e. The molecule has 0 spiro atoms. The van der Waals surface area contributed by atoms with Gasteiger partial charge in [-0.1, -0.05) is 6.92 Å². The molecule has 0 bridgehead atoms. The van der Waals surface area contributed by atoms with Crippen LogP contribution in [0.25, 0.3) is 5.69 Å². The monoisotopic (exact) mass is 417 g/mol. The second-order valence-electron chi connectivity index (χ2n) is 7.46. The number of hydrogen-bond donors (Lipinski definition) is 1. The lowest BCUT2D eigenvalue weighted by atomic mass is 9.83. The number of rotatable bonds is 3. The molecule has 0 radical (unpaired) electrons. The van der Waals surface area contributed by atoms with Crippen LogP contribution >= 0.6 is 0 Å². The fraction of sp³-hybridized carbons (Fsp3) is 0.474. The lowest BCUT2D eigenvalue weighted by Crippen LogP contribution is -2.58. The highest BCUT2D eigenvalue weighted by Gasteiger charge is 2.57. The maximum Gasteiger partial charge on any atom is 0.426 e. The highest BCUT2D eigenvalue weighted by molar-refractivity contribution is 5.85. The fourth-order valence-corrected chi connectivity index (χ4v) is 3.65. The molecule has 1 aromatic heterocycles. The normalized spacial score (nSPS) is 22.4. The molecule has 5 nitrogen and oxygen atoms in total. The van der Waals surface area contributed by atoms with E-state index in [1.54, 1.807) is 13.0 Å². The maximum absolute atomic E-state index is 14.2. The molecular weight excluding hydrogens is 397 g/mol. The van der Waals surface area contributed by atoms with Gasteiger partial charge in [-0.15, -0.1) is 0 Å². The molecule has 0 aliphatic carbocycles. The summed E-state index contributed by atoms with van der Waals surface area (Å²) in [7, 11) is 0. The minimum atomic E-state index is -5.08. The number of hydrogen-bond acceptors (Lipinski definition) is 3. The van der Waals surface area contributed by atoms with Gasteiger partial charge >= 0.3 is 6.18 Å². The Labute approximate surface area is 163 Å². The van der Waals surface area contributed by atoms with Crippen molar-refractivity contribution in [3.63, 3.8) is 0 Å². The van der Waals surface area contributed by atoms with Crippen LogP contribution in [0.4, 0.5) is 22.0 Å². The Bertz CT molecular complexity index is 909. The first-order valence-electron chi connectivity index (χ1n) is 9.01. The van der Waals surface area contributed by atoms with Crippen molar-refractivity contribution in [3.05, 3.63) is 47.8 Å². The summed E-state index contributed by atoms with van der Waals surface area (Å²) in [5.74, 6) is -3.42. The highest BCUT2D eigenvalue weighted by Crippen LogP contribution is 2.37. The molecule has 2 heterocycles. The lowest BCUT2D eigenvalue weighted by Gasteiger charge is -2.40. The number of alkyl halides is 3. The van der Waals surface area contributed by atoms with Crippen LogP contribution in [0.1, 0.15) is 31.9 Å². The summed E-state index contributed by atoms with van der Waals surface area (Å²) in [4.78, 5) is 13.2. The number of nitrogens with zero attached hydrogens (tertiary/aromatic N) is 3. The third kappa shape index (κ3) is 3.85. The molecule has 3 rings (SSSR count). The van der Waals surface area contributed by atoms with Gasteiger partial charge in [0.05, 0.1) is 0 Å². The Morgan fingerprint density at radius 2 is 1.93 bits per heavy atom. The zero-order valence-corrected chi connectivity index (χ0v) is 15.7. The van der Waals surface area contributed by atoms with Gasteiger partial charge in [0.25, 0.3) is 5.91 Å². The number of aliphatic hydroxyl groups is 1. The van der Waals surface area contributed by atoms with E-state index in [1.807, 2.05) is 0 Å². The zero-order valence-electron chi connectivity index (χ0n) is 15.7. The van der Waals surface area contributed by atoms with Crippen LogP contribution in [0.15, 0.2) is 30.5 Å². The van der Waals surface area contributed by atoms with Gasteiger partial charge in [-0.25, -0.2) is 13.5 Å². The first-order chi connectivity index (χ1) is 13.4. The van der Waals surface area contributed by atoms with Gasteiger partial charge in [-0.05, 0) is 37.5 Å². The van der Waals surface area contributed by atoms with Crippen LogP contribution in [0.5, 0.6) is 0 Å². The smallest absolute Gasteiger partial charge is 0.373 e. The Morgan fingerprint density at radius 1 is 1.24 bits per heavy atom. The third-order valence-corrected chi connectivity index (χ3v) is 5.35. The first-order valence-corrected chi connectivity index (χ1v) is 9.01. The Balaban J connectivity index is 1.82. The second-order valence-corrected chi connectivity index (χ2v) is 7.46. The van der Waals surface area contributed by atoms with Crippen LogP contribution < -0.4 is 0 Å². The van der Waals surface area contributed by atoms with E-state index < -0.39 is 29.3 Å². The number of halogens is 5. The number of aromatic nitrogens is 2. The molecule has 1 aliphatic heterocycles. The molecule has 1 N–H and O–H groups in total. The predicted molar refractivity (Wildman–Crippen MR) is 93.3 cm³/mol. The van der Waals surface area contributed by atoms with E-state index in [1.165, 1.54) is 16.9 Å². The van der Waals surface area contributed by atoms with Crippen molar-refractivity contribution in [3.8, 4) is 5.69 Å². The Kier molecular flexibility index (Phi) is 5.42. The Morgan fingerprint density at radius 3 is 2.52 bits per heavy atom. The summed E-state index contributed by atoms with van der Waals surface area (Å²) in [5, 5.41) is 13.7. The number of carbonyl (C=O) groups excluding carboxylic acids is 1. The van der Waals surface area contributed by atoms with Crippen molar-refractivity contribution in [1.82, 2.24) is 14.7 Å². The van der Waals surface area contributed by atoms with Gasteiger partial charge in [0.1, 0.15) is 11.5 Å². The number of likely N-dealkylation sites (tertiary alicyclic amines) is 1. The average Bonchev–Trinajstić information content (AvgIpc) is 3.09. The summed E-state index contributed by atoms with van der Waals surface area (Å²) >= 11 is 0. The molecular formula is C19H20F5N3O2. The van der Waals surface area contributed by atoms with Crippen LogP contribution in [0, 0.1) is 17.6 Å². The van der Waals surface area contributed by atoms with Gasteiger partial charge in [-0.2, -0.15) is 18.3 Å². The quantitative estimate of drug-likeness (QED) is 0.779. The van der Waals surface area contributed by atoms with E-state index in [0.29, 0.717) is 19.0 Å². The van der Waals surface area contributed by atoms with E-state index in [4.69, 9.17) is 0 Å². The van der Waals surface area contributed by atoms with Gasteiger partial charge in [0, 0.05) is 37.0 Å². The van der Waals surface area contributed by atoms with Gasteiger partial charge in [0.2, 0.25) is 5.60 Å². The van der Waals surface area contributed by atoms with Crippen LogP contribution in [0.2, 0.25) is 0 Å². The van der Waals surface area contributed by atoms with Crippen molar-refractivity contribution < 1.29 is 31.9 Å². The van der Waals surface area contributed by atoms with Crippen molar-refractivity contribution in [2.75, 3.05) is 13.1 Å². The molecule has 10 heteroatoms. The number of amides is 1. The topological polar surface area (TPSA) is 58.4 Å². The molecule has 158 valence electrons. The van der Waals surface area contributed by atoms with Gasteiger partial charge in [0.15, 0.2) is 5.82 Å². The van der Waals surface area contributed by atoms with E-state index in [-0.39, 0.29) is 30.6 Å². The van der Waals surface area contributed by atoms with Crippen molar-refractivity contribution in [2.45, 2.75) is 38.0 Å². The number of piperidine rings is 1. The second kappa shape index (κ2) is 7.40. The summed E-state index contributed by atoms with van der Waals surface area (Å²) < 4.78 is 67.6. The molecule has 2 aromatic rings. The molecule has 29 heavy (non-hydrogen) atoms. The van der Waals surface area contributed by atoms with Crippen LogP contribution in [0.3, 0.4) is 0 Å². The molecule has 3 atom stereocenters. The van der Waals surface area contributed by atoms with Crippen LogP contribution in [-0.2, 0) is 4.79 Å². The third-order valence-electron chi connectivity index (χ3n) is 5.35. The first kappa shape index (κ1) is 21.2. The Hall–Kier alpha value is -2.49. The fourth-order valence-electron chi connectivity index (χ4n) is 3.65. The molecule has 1 fully saturated rings. The lowest BCUT2D eigenvalue weighted by molar-refractivity contribution is -0.250. The number of carbonyl (C=O) groups is 1. The van der Waals surface area contributed by atoms with E-state index in [2.05, 4.69) is 5.10 Å². The minimum absolute atomic E-state index is 0.00283. The van der Waals surface area contributed by atoms with Crippen molar-refractivity contribution in [2.24, 2.45) is 5.92 Å².